The highest BCUT2D eigenvalue weighted by molar-refractivity contribution is 9.10. The van der Waals surface area contributed by atoms with Gasteiger partial charge in [-0.05, 0) is 29.5 Å². The Bertz CT molecular complexity index is 281. The SMILES string of the molecule is CC(C)Cc1c(Br)cccc1CCl. The molecule has 0 aliphatic rings. The molecule has 0 aliphatic heterocycles. The normalized spacial score (nSPS) is 10.8. The van der Waals surface area contributed by atoms with Crippen LogP contribution in [0.25, 0.3) is 0 Å². The van der Waals surface area contributed by atoms with E-state index in [-0.39, 0.29) is 0 Å². The van der Waals surface area contributed by atoms with Gasteiger partial charge < -0.3 is 0 Å². The lowest BCUT2D eigenvalue weighted by Crippen LogP contribution is -1.99. The van der Waals surface area contributed by atoms with Gasteiger partial charge in [-0.25, -0.2) is 0 Å². The van der Waals surface area contributed by atoms with E-state index in [1.54, 1.807) is 0 Å². The number of alkyl halides is 1. The lowest BCUT2D eigenvalue weighted by molar-refractivity contribution is 0.643. The summed E-state index contributed by atoms with van der Waals surface area (Å²) in [6.45, 7) is 4.44. The molecule has 0 amide bonds. The molecule has 0 saturated carbocycles. The predicted molar refractivity (Wildman–Crippen MR) is 62.2 cm³/mol. The number of benzene rings is 1. The molecular formula is C11H14BrCl. The van der Waals surface area contributed by atoms with E-state index in [9.17, 15) is 0 Å². The minimum absolute atomic E-state index is 0.599. The van der Waals surface area contributed by atoms with E-state index >= 15 is 0 Å². The van der Waals surface area contributed by atoms with Gasteiger partial charge in [0, 0.05) is 10.4 Å². The van der Waals surface area contributed by atoms with Crippen LogP contribution in [-0.4, -0.2) is 0 Å². The summed E-state index contributed by atoms with van der Waals surface area (Å²) in [7, 11) is 0. The Balaban J connectivity index is 3.00. The summed E-state index contributed by atoms with van der Waals surface area (Å²) < 4.78 is 1.18. The van der Waals surface area contributed by atoms with Gasteiger partial charge in [-0.3, -0.25) is 0 Å². The van der Waals surface area contributed by atoms with Gasteiger partial charge in [-0.15, -0.1) is 11.6 Å². The van der Waals surface area contributed by atoms with E-state index in [2.05, 4.69) is 41.9 Å². The fraction of sp³-hybridized carbons (Fsp3) is 0.455. The fourth-order valence-corrected chi connectivity index (χ4v) is 2.18. The van der Waals surface area contributed by atoms with Gasteiger partial charge in [-0.2, -0.15) is 0 Å². The van der Waals surface area contributed by atoms with Crippen molar-refractivity contribution in [1.29, 1.82) is 0 Å². The number of rotatable bonds is 3. The molecule has 13 heavy (non-hydrogen) atoms. The lowest BCUT2D eigenvalue weighted by atomic mass is 9.99. The topological polar surface area (TPSA) is 0 Å². The van der Waals surface area contributed by atoms with Gasteiger partial charge in [0.15, 0.2) is 0 Å². The maximum absolute atomic E-state index is 5.87. The van der Waals surface area contributed by atoms with Crippen molar-refractivity contribution in [2.24, 2.45) is 5.92 Å². The van der Waals surface area contributed by atoms with Crippen molar-refractivity contribution in [2.45, 2.75) is 26.1 Å². The van der Waals surface area contributed by atoms with Gasteiger partial charge in [0.25, 0.3) is 0 Å². The number of hydrogen-bond acceptors (Lipinski definition) is 0. The molecule has 0 aromatic heterocycles. The molecule has 0 bridgehead atoms. The first kappa shape index (κ1) is 11.1. The fourth-order valence-electron chi connectivity index (χ4n) is 1.37. The minimum Gasteiger partial charge on any atom is -0.122 e. The minimum atomic E-state index is 0.599. The van der Waals surface area contributed by atoms with Gasteiger partial charge in [-0.1, -0.05) is 41.9 Å². The van der Waals surface area contributed by atoms with Crippen molar-refractivity contribution < 1.29 is 0 Å². The van der Waals surface area contributed by atoms with Gasteiger partial charge in [0.1, 0.15) is 0 Å². The van der Waals surface area contributed by atoms with Gasteiger partial charge >= 0.3 is 0 Å². The van der Waals surface area contributed by atoms with Crippen LogP contribution in [0.3, 0.4) is 0 Å². The molecule has 0 saturated heterocycles. The van der Waals surface area contributed by atoms with E-state index < -0.39 is 0 Å². The van der Waals surface area contributed by atoms with Crippen LogP contribution in [0, 0.1) is 5.92 Å². The van der Waals surface area contributed by atoms with Crippen molar-refractivity contribution in [1.82, 2.24) is 0 Å². The Kier molecular flexibility index (Phi) is 4.27. The van der Waals surface area contributed by atoms with E-state index in [0.717, 1.165) is 6.42 Å². The summed E-state index contributed by atoms with van der Waals surface area (Å²) in [6, 6.07) is 6.20. The smallest absolute Gasteiger partial charge is 0.0477 e. The molecule has 0 nitrogen and oxygen atoms in total. The van der Waals surface area contributed by atoms with Crippen molar-refractivity contribution in [2.75, 3.05) is 0 Å². The summed E-state index contributed by atoms with van der Waals surface area (Å²) in [5, 5.41) is 0. The third kappa shape index (κ3) is 2.99. The standard InChI is InChI=1S/C11H14BrCl/c1-8(2)6-10-9(7-13)4-3-5-11(10)12/h3-5,8H,6-7H2,1-2H3. The first-order chi connectivity index (χ1) is 6.15. The van der Waals surface area contributed by atoms with E-state index in [0.29, 0.717) is 11.8 Å². The number of hydrogen-bond donors (Lipinski definition) is 0. The van der Waals surface area contributed by atoms with E-state index in [4.69, 9.17) is 11.6 Å². The summed E-state index contributed by atoms with van der Waals surface area (Å²) >= 11 is 9.42. The molecule has 0 radical (unpaired) electrons. The average molecular weight is 262 g/mol. The Morgan fingerprint density at radius 3 is 2.62 bits per heavy atom. The number of halogens is 2. The van der Waals surface area contributed by atoms with Gasteiger partial charge in [0.05, 0.1) is 0 Å². The van der Waals surface area contributed by atoms with Crippen LogP contribution >= 0.6 is 27.5 Å². The zero-order valence-electron chi connectivity index (χ0n) is 7.98. The summed E-state index contributed by atoms with van der Waals surface area (Å²) in [5.74, 6) is 1.27. The molecule has 1 aromatic carbocycles. The van der Waals surface area contributed by atoms with Crippen molar-refractivity contribution in [3.63, 3.8) is 0 Å². The van der Waals surface area contributed by atoms with Crippen LogP contribution in [0.15, 0.2) is 22.7 Å². The predicted octanol–water partition coefficient (Wildman–Crippen LogP) is 4.39. The molecule has 2 heteroatoms. The average Bonchev–Trinajstić information content (AvgIpc) is 2.08. The second kappa shape index (κ2) is 5.02. The summed E-state index contributed by atoms with van der Waals surface area (Å²) in [5.41, 5.74) is 2.59. The monoisotopic (exact) mass is 260 g/mol. The Morgan fingerprint density at radius 2 is 2.08 bits per heavy atom. The maximum Gasteiger partial charge on any atom is 0.0477 e. The Morgan fingerprint density at radius 1 is 1.38 bits per heavy atom. The van der Waals surface area contributed by atoms with Crippen LogP contribution in [-0.2, 0) is 12.3 Å². The molecule has 0 unspecified atom stereocenters. The van der Waals surface area contributed by atoms with Crippen LogP contribution in [0.2, 0.25) is 0 Å². The highest BCUT2D eigenvalue weighted by Gasteiger charge is 2.07. The molecule has 0 heterocycles. The summed E-state index contributed by atoms with van der Waals surface area (Å²) in [6.07, 6.45) is 1.09. The van der Waals surface area contributed by atoms with Crippen LogP contribution in [0.4, 0.5) is 0 Å². The zero-order valence-corrected chi connectivity index (χ0v) is 10.3. The first-order valence-corrected chi connectivity index (χ1v) is 5.80. The van der Waals surface area contributed by atoms with Gasteiger partial charge in [0.2, 0.25) is 0 Å². The largest absolute Gasteiger partial charge is 0.122 e. The van der Waals surface area contributed by atoms with E-state index in [1.165, 1.54) is 15.6 Å². The van der Waals surface area contributed by atoms with Crippen LogP contribution in [0.5, 0.6) is 0 Å². The molecule has 72 valence electrons. The highest BCUT2D eigenvalue weighted by Crippen LogP contribution is 2.24. The van der Waals surface area contributed by atoms with Crippen LogP contribution < -0.4 is 0 Å². The second-order valence-electron chi connectivity index (χ2n) is 3.61. The third-order valence-corrected chi connectivity index (χ3v) is 3.00. The molecule has 1 rings (SSSR count). The summed E-state index contributed by atoms with van der Waals surface area (Å²) in [4.78, 5) is 0. The second-order valence-corrected chi connectivity index (χ2v) is 4.73. The quantitative estimate of drug-likeness (QED) is 0.708. The van der Waals surface area contributed by atoms with Crippen molar-refractivity contribution in [3.05, 3.63) is 33.8 Å². The highest BCUT2D eigenvalue weighted by atomic mass is 79.9. The molecule has 0 N–H and O–H groups in total. The molecule has 1 aromatic rings. The van der Waals surface area contributed by atoms with Crippen molar-refractivity contribution >= 4 is 27.5 Å². The van der Waals surface area contributed by atoms with E-state index in [1.807, 2.05) is 6.07 Å². The van der Waals surface area contributed by atoms with Crippen LogP contribution in [0.1, 0.15) is 25.0 Å². The first-order valence-electron chi connectivity index (χ1n) is 4.47. The zero-order chi connectivity index (χ0) is 9.84. The molecule has 0 aliphatic carbocycles. The molecule has 0 fully saturated rings. The maximum atomic E-state index is 5.87. The molecular weight excluding hydrogens is 247 g/mol. The molecule has 0 spiro atoms. The third-order valence-electron chi connectivity index (χ3n) is 1.97. The Hall–Kier alpha value is -0.0100. The van der Waals surface area contributed by atoms with Crippen molar-refractivity contribution in [3.8, 4) is 0 Å². The Labute approximate surface area is 93.4 Å². The lowest BCUT2D eigenvalue weighted by Gasteiger charge is -2.11. The molecule has 0 atom stereocenters.